The summed E-state index contributed by atoms with van der Waals surface area (Å²) in [5, 5.41) is 0. The number of fused-ring (bicyclic) bond motifs is 1. The van der Waals surface area contributed by atoms with Gasteiger partial charge < -0.3 is 20.2 Å². The fraction of sp³-hybridized carbons (Fsp3) is 0.400. The van der Waals surface area contributed by atoms with Gasteiger partial charge in [-0.2, -0.15) is 0 Å². The maximum absolute atomic E-state index is 12.8. The fourth-order valence-electron chi connectivity index (χ4n) is 3.30. The van der Waals surface area contributed by atoms with Crippen LogP contribution >= 0.6 is 0 Å². The van der Waals surface area contributed by atoms with Gasteiger partial charge in [0.1, 0.15) is 11.3 Å². The molecule has 0 aliphatic rings. The second-order valence-corrected chi connectivity index (χ2v) is 6.64. The Hall–Kier alpha value is -3.36. The average molecular weight is 399 g/mol. The van der Waals surface area contributed by atoms with E-state index in [2.05, 4.69) is 21.9 Å². The summed E-state index contributed by atoms with van der Waals surface area (Å²) in [7, 11) is 3.01. The molecule has 0 radical (unpaired) electrons. The molecule has 2 heterocycles. The largest absolute Gasteiger partial charge is 0.493 e. The van der Waals surface area contributed by atoms with E-state index in [9.17, 15) is 9.59 Å². The van der Waals surface area contributed by atoms with Gasteiger partial charge in [-0.15, -0.1) is 0 Å². The van der Waals surface area contributed by atoms with Gasteiger partial charge in [-0.05, 0) is 18.6 Å². The molecule has 0 bridgehead atoms. The van der Waals surface area contributed by atoms with Gasteiger partial charge in [0, 0.05) is 6.42 Å². The number of aromatic amines is 1. The summed E-state index contributed by atoms with van der Waals surface area (Å²) in [6, 6.07) is 5.18. The molecule has 2 aromatic heterocycles. The number of hydrogen-bond acceptors (Lipinski definition) is 6. The molecule has 0 spiro atoms. The maximum Gasteiger partial charge on any atom is 0.332 e. The molecule has 154 valence electrons. The number of carbonyl (C=O) groups is 1. The van der Waals surface area contributed by atoms with Crippen molar-refractivity contribution in [3.05, 3.63) is 40.2 Å². The number of amides is 1. The van der Waals surface area contributed by atoms with E-state index in [4.69, 9.17) is 15.2 Å². The summed E-state index contributed by atoms with van der Waals surface area (Å²) in [4.78, 5) is 36.3. The van der Waals surface area contributed by atoms with Crippen molar-refractivity contribution in [2.24, 2.45) is 5.73 Å². The summed E-state index contributed by atoms with van der Waals surface area (Å²) in [6.07, 6.45) is 4.73. The van der Waals surface area contributed by atoms with E-state index in [0.717, 1.165) is 25.7 Å². The van der Waals surface area contributed by atoms with Crippen molar-refractivity contribution >= 4 is 17.1 Å². The summed E-state index contributed by atoms with van der Waals surface area (Å²) in [5.74, 6) is 0.590. The molecule has 3 N–H and O–H groups in total. The predicted molar refractivity (Wildman–Crippen MR) is 109 cm³/mol. The van der Waals surface area contributed by atoms with Crippen LogP contribution in [0.25, 0.3) is 16.9 Å². The molecule has 1 aromatic carbocycles. The summed E-state index contributed by atoms with van der Waals surface area (Å²) >= 11 is 0. The molecule has 0 unspecified atom stereocenters. The first-order valence-corrected chi connectivity index (χ1v) is 9.54. The van der Waals surface area contributed by atoms with Gasteiger partial charge in [0.25, 0.3) is 5.91 Å². The van der Waals surface area contributed by atoms with Gasteiger partial charge in [0.05, 0.1) is 19.9 Å². The second kappa shape index (κ2) is 8.76. The quantitative estimate of drug-likeness (QED) is 0.532. The molecule has 29 heavy (non-hydrogen) atoms. The molecule has 0 atom stereocenters. The van der Waals surface area contributed by atoms with Crippen LogP contribution in [-0.4, -0.2) is 39.6 Å². The van der Waals surface area contributed by atoms with Gasteiger partial charge in [-0.25, -0.2) is 19.3 Å². The summed E-state index contributed by atoms with van der Waals surface area (Å²) in [5.41, 5.74) is 5.95. The molecule has 0 fully saturated rings. The minimum absolute atomic E-state index is 0.00166. The van der Waals surface area contributed by atoms with Crippen LogP contribution in [0.5, 0.6) is 11.5 Å². The van der Waals surface area contributed by atoms with Crippen LogP contribution < -0.4 is 20.9 Å². The number of H-pyrrole nitrogens is 1. The number of imidazole rings is 1. The first-order chi connectivity index (χ1) is 14.0. The summed E-state index contributed by atoms with van der Waals surface area (Å²) < 4.78 is 12.1. The number of primary amides is 1. The number of methoxy groups -OCH3 is 2. The van der Waals surface area contributed by atoms with Crippen LogP contribution in [0.4, 0.5) is 0 Å². The number of hydrogen-bond donors (Lipinski definition) is 2. The Balaban J connectivity index is 2.21. The van der Waals surface area contributed by atoms with E-state index < -0.39 is 11.6 Å². The van der Waals surface area contributed by atoms with E-state index in [-0.39, 0.29) is 16.9 Å². The number of para-hydroxylation sites is 1. The third-order valence-corrected chi connectivity index (χ3v) is 4.69. The molecule has 0 aliphatic carbocycles. The van der Waals surface area contributed by atoms with Crippen LogP contribution in [0.3, 0.4) is 0 Å². The Morgan fingerprint density at radius 1 is 1.17 bits per heavy atom. The number of ether oxygens (including phenoxy) is 2. The van der Waals surface area contributed by atoms with Crippen LogP contribution in [0.2, 0.25) is 0 Å². The fourth-order valence-corrected chi connectivity index (χ4v) is 3.30. The van der Waals surface area contributed by atoms with Crippen molar-refractivity contribution in [3.63, 3.8) is 0 Å². The zero-order valence-electron chi connectivity index (χ0n) is 16.8. The Morgan fingerprint density at radius 3 is 2.62 bits per heavy atom. The third-order valence-electron chi connectivity index (χ3n) is 4.69. The first-order valence-electron chi connectivity index (χ1n) is 9.54. The number of benzene rings is 1. The van der Waals surface area contributed by atoms with E-state index in [1.54, 1.807) is 18.2 Å². The number of nitrogens with zero attached hydrogens (tertiary/aromatic N) is 3. The number of aryl methyl sites for hydroxylation is 1. The van der Waals surface area contributed by atoms with E-state index in [1.807, 2.05) is 0 Å². The van der Waals surface area contributed by atoms with E-state index in [1.165, 1.54) is 18.8 Å². The van der Waals surface area contributed by atoms with Crippen LogP contribution in [0.15, 0.2) is 23.0 Å². The highest BCUT2D eigenvalue weighted by Gasteiger charge is 2.22. The van der Waals surface area contributed by atoms with Gasteiger partial charge in [-0.3, -0.25) is 4.79 Å². The zero-order valence-corrected chi connectivity index (χ0v) is 16.8. The van der Waals surface area contributed by atoms with Crippen LogP contribution in [-0.2, 0) is 6.42 Å². The molecular weight excluding hydrogens is 374 g/mol. The minimum Gasteiger partial charge on any atom is -0.493 e. The van der Waals surface area contributed by atoms with Gasteiger partial charge in [0.2, 0.25) is 0 Å². The molecule has 0 saturated heterocycles. The highest BCUT2D eigenvalue weighted by molar-refractivity contribution is 6.01. The highest BCUT2D eigenvalue weighted by Crippen LogP contribution is 2.34. The first kappa shape index (κ1) is 20.4. The lowest BCUT2D eigenvalue weighted by atomic mass is 10.1. The highest BCUT2D eigenvalue weighted by atomic mass is 16.5. The van der Waals surface area contributed by atoms with Crippen molar-refractivity contribution in [2.75, 3.05) is 14.2 Å². The van der Waals surface area contributed by atoms with Crippen molar-refractivity contribution in [1.29, 1.82) is 0 Å². The lowest BCUT2D eigenvalue weighted by Crippen LogP contribution is -2.17. The lowest BCUT2D eigenvalue weighted by molar-refractivity contribution is 0.0996. The SMILES string of the molecule is CCCCCCc1nc(C(N)=O)c2[nH]c(=O)n(-c3cccc(OC)c3OC)c2n1. The lowest BCUT2D eigenvalue weighted by Gasteiger charge is -2.13. The standard InChI is InChI=1S/C20H25N5O4/c1-4-5-6-7-11-14-22-15(18(21)26)16-19(23-14)25(20(27)24-16)12-9-8-10-13(28-2)17(12)29-3/h8-10H,4-7,11H2,1-3H3,(H2,21,26)(H,24,27). The topological polar surface area (TPSA) is 125 Å². The monoisotopic (exact) mass is 399 g/mol. The zero-order chi connectivity index (χ0) is 21.0. The average Bonchev–Trinajstić information content (AvgIpc) is 3.05. The predicted octanol–water partition coefficient (Wildman–Crippen LogP) is 2.35. The van der Waals surface area contributed by atoms with Crippen LogP contribution in [0.1, 0.15) is 48.9 Å². The van der Waals surface area contributed by atoms with Gasteiger partial charge >= 0.3 is 5.69 Å². The smallest absolute Gasteiger partial charge is 0.332 e. The molecule has 9 nitrogen and oxygen atoms in total. The number of aromatic nitrogens is 4. The van der Waals surface area contributed by atoms with Crippen LogP contribution in [0, 0.1) is 0 Å². The number of unbranched alkanes of at least 4 members (excludes halogenated alkanes) is 3. The van der Waals surface area contributed by atoms with Crippen molar-refractivity contribution < 1.29 is 14.3 Å². The van der Waals surface area contributed by atoms with Crippen molar-refractivity contribution in [2.45, 2.75) is 39.0 Å². The normalized spacial score (nSPS) is 11.0. The molecule has 1 amide bonds. The molecule has 3 aromatic rings. The number of nitrogens with two attached hydrogens (primary N) is 1. The second-order valence-electron chi connectivity index (χ2n) is 6.64. The van der Waals surface area contributed by atoms with Gasteiger partial charge in [-0.1, -0.05) is 32.3 Å². The Kier molecular flexibility index (Phi) is 6.16. The summed E-state index contributed by atoms with van der Waals surface area (Å²) in [6.45, 7) is 2.13. The number of nitrogens with one attached hydrogen (secondary N) is 1. The number of carbonyl (C=O) groups excluding carboxylic acids is 1. The Bertz CT molecular complexity index is 1090. The molecule has 0 saturated carbocycles. The van der Waals surface area contributed by atoms with E-state index in [0.29, 0.717) is 29.4 Å². The molecule has 3 rings (SSSR count). The number of rotatable bonds is 9. The van der Waals surface area contributed by atoms with E-state index >= 15 is 0 Å². The Labute approximate surface area is 167 Å². The third kappa shape index (κ3) is 3.94. The molecule has 9 heteroatoms. The van der Waals surface area contributed by atoms with Crippen molar-refractivity contribution in [3.8, 4) is 17.2 Å². The molecule has 0 aliphatic heterocycles. The minimum atomic E-state index is -0.724. The van der Waals surface area contributed by atoms with Crippen molar-refractivity contribution in [1.82, 2.24) is 19.5 Å². The van der Waals surface area contributed by atoms with Gasteiger partial charge in [0.15, 0.2) is 22.8 Å². The Morgan fingerprint density at radius 2 is 1.97 bits per heavy atom. The maximum atomic E-state index is 12.8. The molecular formula is C20H25N5O4.